The molecule has 1 rings (SSSR count). The monoisotopic (exact) mass is 273 g/mol. The number of carbonyl (C=O) groups excluding carboxylic acids is 1. The van der Waals surface area contributed by atoms with Crippen LogP contribution in [0.15, 0.2) is 5.16 Å². The fourth-order valence-electron chi connectivity index (χ4n) is 2.23. The minimum Gasteiger partial charge on any atom is -0.409 e. The predicted octanol–water partition coefficient (Wildman–Crippen LogP) is 0.167. The van der Waals surface area contributed by atoms with Crippen molar-refractivity contribution in [2.24, 2.45) is 10.9 Å². The van der Waals surface area contributed by atoms with E-state index in [2.05, 4.69) is 5.16 Å². The van der Waals surface area contributed by atoms with E-state index in [1.807, 2.05) is 0 Å². The third kappa shape index (κ3) is 5.44. The third-order valence-corrected chi connectivity index (χ3v) is 3.20. The van der Waals surface area contributed by atoms with E-state index in [0.29, 0.717) is 13.2 Å². The summed E-state index contributed by atoms with van der Waals surface area (Å²) in [6, 6.07) is 0.166. The van der Waals surface area contributed by atoms with Crippen molar-refractivity contribution in [2.75, 3.05) is 33.5 Å². The number of nitrogens with zero attached hydrogens (tertiary/aromatic N) is 2. The molecule has 0 aliphatic heterocycles. The molecule has 7 heteroatoms. The number of amidine groups is 1. The number of rotatable bonds is 8. The van der Waals surface area contributed by atoms with E-state index in [1.165, 1.54) is 0 Å². The van der Waals surface area contributed by atoms with E-state index in [-0.39, 0.29) is 30.9 Å². The average Bonchev–Trinajstić information content (AvgIpc) is 2.94. The van der Waals surface area contributed by atoms with Crippen molar-refractivity contribution in [3.63, 3.8) is 0 Å². The second kappa shape index (κ2) is 8.71. The van der Waals surface area contributed by atoms with Crippen LogP contribution in [0.1, 0.15) is 25.7 Å². The minimum atomic E-state index is -0.130. The zero-order valence-corrected chi connectivity index (χ0v) is 11.4. The summed E-state index contributed by atoms with van der Waals surface area (Å²) in [5.74, 6) is -0.0910. The Kier molecular flexibility index (Phi) is 7.20. The lowest BCUT2D eigenvalue weighted by atomic mass is 10.2. The summed E-state index contributed by atoms with van der Waals surface area (Å²) in [4.78, 5) is 13.8. The lowest BCUT2D eigenvalue weighted by Gasteiger charge is -2.28. The molecule has 0 unspecified atom stereocenters. The molecule has 0 heterocycles. The maximum absolute atomic E-state index is 12.1. The van der Waals surface area contributed by atoms with Gasteiger partial charge >= 0.3 is 0 Å². The molecule has 0 aromatic carbocycles. The molecule has 1 saturated carbocycles. The summed E-state index contributed by atoms with van der Waals surface area (Å²) in [6.45, 7) is 0.980. The molecule has 3 N–H and O–H groups in total. The standard InChI is InChI=1S/C12H23N3O4/c1-18-6-7-19-9-12(16)15(8-11(13)14-17)10-4-2-3-5-10/h10,17H,2-9H2,1H3,(H2,13,14). The summed E-state index contributed by atoms with van der Waals surface area (Å²) in [7, 11) is 1.58. The van der Waals surface area contributed by atoms with Gasteiger partial charge in [-0.15, -0.1) is 0 Å². The number of hydrogen-bond donors (Lipinski definition) is 2. The molecular weight excluding hydrogens is 250 g/mol. The molecule has 1 amide bonds. The van der Waals surface area contributed by atoms with Crippen LogP contribution in [-0.2, 0) is 14.3 Å². The van der Waals surface area contributed by atoms with Crippen LogP contribution in [-0.4, -0.2) is 61.4 Å². The third-order valence-electron chi connectivity index (χ3n) is 3.20. The molecule has 0 radical (unpaired) electrons. The van der Waals surface area contributed by atoms with Gasteiger partial charge in [-0.1, -0.05) is 18.0 Å². The van der Waals surface area contributed by atoms with E-state index in [9.17, 15) is 4.79 Å². The highest BCUT2D eigenvalue weighted by Crippen LogP contribution is 2.23. The minimum absolute atomic E-state index is 0.00142. The molecule has 0 aromatic rings. The first-order valence-electron chi connectivity index (χ1n) is 6.51. The van der Waals surface area contributed by atoms with E-state index < -0.39 is 0 Å². The largest absolute Gasteiger partial charge is 0.409 e. The van der Waals surface area contributed by atoms with Crippen molar-refractivity contribution < 1.29 is 19.5 Å². The maximum atomic E-state index is 12.1. The Labute approximate surface area is 113 Å². The van der Waals surface area contributed by atoms with Gasteiger partial charge in [-0.25, -0.2) is 0 Å². The van der Waals surface area contributed by atoms with Crippen LogP contribution in [0.3, 0.4) is 0 Å². The van der Waals surface area contributed by atoms with Crippen LogP contribution in [0, 0.1) is 0 Å². The molecule has 0 aromatic heterocycles. The van der Waals surface area contributed by atoms with E-state index in [4.69, 9.17) is 20.4 Å². The van der Waals surface area contributed by atoms with Gasteiger partial charge in [0.2, 0.25) is 5.91 Å². The lowest BCUT2D eigenvalue weighted by Crippen LogP contribution is -2.45. The second-order valence-corrected chi connectivity index (χ2v) is 4.60. The van der Waals surface area contributed by atoms with E-state index >= 15 is 0 Å². The van der Waals surface area contributed by atoms with Crippen LogP contribution in [0.5, 0.6) is 0 Å². The molecule has 1 aliphatic carbocycles. The Morgan fingerprint density at radius 3 is 2.68 bits per heavy atom. The van der Waals surface area contributed by atoms with Crippen LogP contribution in [0.4, 0.5) is 0 Å². The summed E-state index contributed by atoms with van der Waals surface area (Å²) in [5.41, 5.74) is 5.50. The Morgan fingerprint density at radius 1 is 1.42 bits per heavy atom. The van der Waals surface area contributed by atoms with Gasteiger partial charge in [-0.2, -0.15) is 0 Å². The van der Waals surface area contributed by atoms with Gasteiger partial charge in [0.15, 0.2) is 5.84 Å². The van der Waals surface area contributed by atoms with Gasteiger partial charge in [-0.05, 0) is 12.8 Å². The van der Waals surface area contributed by atoms with Gasteiger partial charge in [0, 0.05) is 13.2 Å². The van der Waals surface area contributed by atoms with Crippen LogP contribution in [0.2, 0.25) is 0 Å². The van der Waals surface area contributed by atoms with E-state index in [0.717, 1.165) is 25.7 Å². The van der Waals surface area contributed by atoms with Crippen molar-refractivity contribution in [1.29, 1.82) is 0 Å². The highest BCUT2D eigenvalue weighted by atomic mass is 16.5. The fraction of sp³-hybridized carbons (Fsp3) is 0.833. The highest BCUT2D eigenvalue weighted by molar-refractivity contribution is 5.87. The molecule has 0 atom stereocenters. The normalized spacial score (nSPS) is 16.8. The molecular formula is C12H23N3O4. The molecule has 0 bridgehead atoms. The molecule has 1 aliphatic rings. The Morgan fingerprint density at radius 2 is 2.11 bits per heavy atom. The van der Waals surface area contributed by atoms with Gasteiger partial charge in [0.1, 0.15) is 6.61 Å². The fourth-order valence-corrected chi connectivity index (χ4v) is 2.23. The molecule has 0 saturated heterocycles. The van der Waals surface area contributed by atoms with Crippen molar-refractivity contribution in [2.45, 2.75) is 31.7 Å². The van der Waals surface area contributed by atoms with Crippen molar-refractivity contribution in [1.82, 2.24) is 4.90 Å². The number of oxime groups is 1. The van der Waals surface area contributed by atoms with Crippen LogP contribution < -0.4 is 5.73 Å². The summed E-state index contributed by atoms with van der Waals surface area (Å²) >= 11 is 0. The number of carbonyl (C=O) groups is 1. The Bertz CT molecular complexity index is 303. The molecule has 7 nitrogen and oxygen atoms in total. The topological polar surface area (TPSA) is 97.4 Å². The van der Waals surface area contributed by atoms with Gasteiger partial charge < -0.3 is 25.3 Å². The highest BCUT2D eigenvalue weighted by Gasteiger charge is 2.27. The summed E-state index contributed by atoms with van der Waals surface area (Å²) in [5, 5.41) is 11.6. The van der Waals surface area contributed by atoms with Crippen molar-refractivity contribution >= 4 is 11.7 Å². The number of methoxy groups -OCH3 is 1. The summed E-state index contributed by atoms with van der Waals surface area (Å²) in [6.07, 6.45) is 4.13. The number of ether oxygens (including phenoxy) is 2. The zero-order valence-electron chi connectivity index (χ0n) is 11.4. The van der Waals surface area contributed by atoms with Crippen LogP contribution in [0.25, 0.3) is 0 Å². The zero-order chi connectivity index (χ0) is 14.1. The first kappa shape index (κ1) is 15.7. The first-order chi connectivity index (χ1) is 9.19. The van der Waals surface area contributed by atoms with Gasteiger partial charge in [-0.3, -0.25) is 4.79 Å². The smallest absolute Gasteiger partial charge is 0.249 e. The van der Waals surface area contributed by atoms with E-state index in [1.54, 1.807) is 12.0 Å². The molecule has 0 spiro atoms. The number of hydrogen-bond acceptors (Lipinski definition) is 5. The number of nitrogens with two attached hydrogens (primary N) is 1. The second-order valence-electron chi connectivity index (χ2n) is 4.60. The predicted molar refractivity (Wildman–Crippen MR) is 70.1 cm³/mol. The quantitative estimate of drug-likeness (QED) is 0.216. The van der Waals surface area contributed by atoms with Crippen molar-refractivity contribution in [3.8, 4) is 0 Å². The lowest BCUT2D eigenvalue weighted by molar-refractivity contribution is -0.138. The first-order valence-corrected chi connectivity index (χ1v) is 6.51. The van der Waals surface area contributed by atoms with Gasteiger partial charge in [0.25, 0.3) is 0 Å². The Balaban J connectivity index is 2.49. The Hall–Kier alpha value is -1.34. The van der Waals surface area contributed by atoms with Crippen LogP contribution >= 0.6 is 0 Å². The molecule has 19 heavy (non-hydrogen) atoms. The molecule has 1 fully saturated rings. The average molecular weight is 273 g/mol. The summed E-state index contributed by atoms with van der Waals surface area (Å²) < 4.78 is 10.1. The number of amides is 1. The molecule has 110 valence electrons. The maximum Gasteiger partial charge on any atom is 0.249 e. The van der Waals surface area contributed by atoms with Crippen molar-refractivity contribution in [3.05, 3.63) is 0 Å². The van der Waals surface area contributed by atoms with Gasteiger partial charge in [0.05, 0.1) is 19.8 Å². The SMILES string of the molecule is COCCOCC(=O)N(CC(N)=NO)C1CCCC1.